The number of aromatic nitrogens is 1. The summed E-state index contributed by atoms with van der Waals surface area (Å²) >= 11 is 1.82. The summed E-state index contributed by atoms with van der Waals surface area (Å²) in [4.78, 5) is 8.87. The molecule has 2 aromatic heterocycles. The maximum Gasteiger partial charge on any atom is 0.0871 e. The van der Waals surface area contributed by atoms with Gasteiger partial charge < -0.3 is 5.32 Å². The molecule has 1 aliphatic rings. The second kappa shape index (κ2) is 8.79. The third-order valence-electron chi connectivity index (χ3n) is 4.23. The average molecular weight is 382 g/mol. The minimum atomic E-state index is 0. The maximum atomic E-state index is 4.95. The molecule has 3 nitrogen and oxygen atoms in total. The first-order valence-corrected chi connectivity index (χ1v) is 8.64. The Morgan fingerprint density at radius 3 is 2.50 bits per heavy atom. The molecule has 1 aliphatic heterocycles. The summed E-state index contributed by atoms with van der Waals surface area (Å²) in [6, 6.07) is 17.4. The van der Waals surface area contributed by atoms with Gasteiger partial charge in [-0.05, 0) is 23.6 Å². The minimum absolute atomic E-state index is 0. The van der Waals surface area contributed by atoms with Crippen LogP contribution in [0.3, 0.4) is 0 Å². The number of nitrogens with one attached hydrogen (secondary N) is 1. The van der Waals surface area contributed by atoms with E-state index in [1.54, 1.807) is 0 Å². The molecular formula is C18H21Cl2N3S. The zero-order valence-corrected chi connectivity index (χ0v) is 15.7. The van der Waals surface area contributed by atoms with E-state index in [9.17, 15) is 0 Å². The Bertz CT molecular complexity index is 758. The molecule has 1 N–H and O–H groups in total. The van der Waals surface area contributed by atoms with E-state index in [2.05, 4.69) is 64.1 Å². The number of para-hydroxylation sites is 1. The number of halogens is 2. The highest BCUT2D eigenvalue weighted by Crippen LogP contribution is 2.31. The Morgan fingerprint density at radius 1 is 0.958 bits per heavy atom. The van der Waals surface area contributed by atoms with Gasteiger partial charge in [0.1, 0.15) is 0 Å². The van der Waals surface area contributed by atoms with Gasteiger partial charge in [-0.1, -0.05) is 30.3 Å². The van der Waals surface area contributed by atoms with Crippen molar-refractivity contribution in [2.45, 2.75) is 6.04 Å². The predicted octanol–water partition coefficient (Wildman–Crippen LogP) is 4.13. The summed E-state index contributed by atoms with van der Waals surface area (Å²) in [5, 5.41) is 6.80. The zero-order chi connectivity index (χ0) is 14.8. The molecule has 0 saturated carbocycles. The summed E-state index contributed by atoms with van der Waals surface area (Å²) in [6.45, 7) is 4.24. The molecule has 6 heteroatoms. The van der Waals surface area contributed by atoms with Crippen LogP contribution in [0.25, 0.3) is 10.9 Å². The molecule has 1 aromatic carbocycles. The topological polar surface area (TPSA) is 28.2 Å². The van der Waals surface area contributed by atoms with Crippen molar-refractivity contribution in [1.29, 1.82) is 0 Å². The summed E-state index contributed by atoms with van der Waals surface area (Å²) < 4.78 is 0. The van der Waals surface area contributed by atoms with Gasteiger partial charge in [0.25, 0.3) is 0 Å². The van der Waals surface area contributed by atoms with E-state index < -0.39 is 0 Å². The number of thiophene rings is 1. The second-order valence-corrected chi connectivity index (χ2v) is 6.61. The normalized spacial score (nSPS) is 16.2. The predicted molar refractivity (Wildman–Crippen MR) is 107 cm³/mol. The largest absolute Gasteiger partial charge is 0.314 e. The van der Waals surface area contributed by atoms with Crippen molar-refractivity contribution < 1.29 is 0 Å². The third-order valence-corrected chi connectivity index (χ3v) is 5.15. The van der Waals surface area contributed by atoms with Gasteiger partial charge in [-0.15, -0.1) is 36.2 Å². The van der Waals surface area contributed by atoms with Crippen molar-refractivity contribution in [3.05, 3.63) is 64.5 Å². The zero-order valence-electron chi connectivity index (χ0n) is 13.2. The number of hydrogen-bond donors (Lipinski definition) is 1. The Morgan fingerprint density at radius 2 is 1.75 bits per heavy atom. The van der Waals surface area contributed by atoms with Crippen LogP contribution < -0.4 is 5.32 Å². The Labute approximate surface area is 158 Å². The second-order valence-electron chi connectivity index (χ2n) is 5.63. The highest BCUT2D eigenvalue weighted by atomic mass is 35.5. The molecule has 0 aliphatic carbocycles. The number of piperazine rings is 1. The monoisotopic (exact) mass is 381 g/mol. The van der Waals surface area contributed by atoms with Crippen LogP contribution in [0.15, 0.2) is 53.9 Å². The first-order chi connectivity index (χ1) is 10.9. The van der Waals surface area contributed by atoms with Gasteiger partial charge in [0.05, 0.1) is 17.3 Å². The van der Waals surface area contributed by atoms with E-state index in [0.717, 1.165) is 37.4 Å². The molecule has 0 spiro atoms. The van der Waals surface area contributed by atoms with E-state index in [1.165, 1.54) is 10.3 Å². The van der Waals surface area contributed by atoms with Crippen molar-refractivity contribution >= 4 is 47.1 Å². The molecule has 24 heavy (non-hydrogen) atoms. The summed E-state index contributed by atoms with van der Waals surface area (Å²) in [5.74, 6) is 0. The summed E-state index contributed by atoms with van der Waals surface area (Å²) in [6.07, 6.45) is 0. The van der Waals surface area contributed by atoms with Gasteiger partial charge in [-0.2, -0.15) is 0 Å². The molecule has 3 aromatic rings. The molecule has 3 heterocycles. The average Bonchev–Trinajstić information content (AvgIpc) is 3.10. The Balaban J connectivity index is 0.00000104. The fourth-order valence-corrected chi connectivity index (χ4v) is 4.00. The SMILES string of the molecule is Cl.Cl.c1csc([C@@H](c2ccc3ccccc3n2)N2CCNCC2)c1. The molecule has 1 atom stereocenters. The van der Waals surface area contributed by atoms with Crippen molar-refractivity contribution in [3.63, 3.8) is 0 Å². The van der Waals surface area contributed by atoms with Crippen molar-refractivity contribution in [1.82, 2.24) is 15.2 Å². The number of fused-ring (bicyclic) bond motifs is 1. The molecule has 0 unspecified atom stereocenters. The Kier molecular flexibility index (Phi) is 7.02. The van der Waals surface area contributed by atoms with E-state index in [4.69, 9.17) is 4.98 Å². The molecular weight excluding hydrogens is 361 g/mol. The standard InChI is InChI=1S/C18H19N3S.2ClH/c1-2-5-15-14(4-1)7-8-16(20-15)18(17-6-3-13-22-17)21-11-9-19-10-12-21;;/h1-8,13,18-19H,9-12H2;2*1H/t18-;;/m1../s1. The van der Waals surface area contributed by atoms with Crippen LogP contribution in [-0.2, 0) is 0 Å². The molecule has 0 bridgehead atoms. The quantitative estimate of drug-likeness (QED) is 0.738. The number of hydrogen-bond acceptors (Lipinski definition) is 4. The highest BCUT2D eigenvalue weighted by molar-refractivity contribution is 7.10. The molecule has 1 saturated heterocycles. The summed E-state index contributed by atoms with van der Waals surface area (Å²) in [5.41, 5.74) is 2.24. The van der Waals surface area contributed by atoms with E-state index >= 15 is 0 Å². The van der Waals surface area contributed by atoms with Crippen LogP contribution in [0.1, 0.15) is 16.6 Å². The maximum absolute atomic E-state index is 4.95. The lowest BCUT2D eigenvalue weighted by molar-refractivity contribution is 0.198. The summed E-state index contributed by atoms with van der Waals surface area (Å²) in [7, 11) is 0. The molecule has 4 rings (SSSR count). The Hall–Kier alpha value is -1.17. The van der Waals surface area contributed by atoms with Crippen LogP contribution in [-0.4, -0.2) is 36.1 Å². The molecule has 128 valence electrons. The van der Waals surface area contributed by atoms with Gasteiger partial charge in [-0.3, -0.25) is 9.88 Å². The lowest BCUT2D eigenvalue weighted by atomic mass is 10.1. The fourth-order valence-electron chi connectivity index (χ4n) is 3.13. The first-order valence-electron chi connectivity index (χ1n) is 7.76. The first kappa shape index (κ1) is 19.2. The van der Waals surface area contributed by atoms with Gasteiger partial charge >= 0.3 is 0 Å². The molecule has 0 radical (unpaired) electrons. The lowest BCUT2D eigenvalue weighted by Gasteiger charge is -2.34. The smallest absolute Gasteiger partial charge is 0.0871 e. The van der Waals surface area contributed by atoms with E-state index in [-0.39, 0.29) is 30.9 Å². The lowest BCUT2D eigenvalue weighted by Crippen LogP contribution is -2.45. The van der Waals surface area contributed by atoms with Crippen LogP contribution in [0.2, 0.25) is 0 Å². The van der Waals surface area contributed by atoms with Crippen molar-refractivity contribution in [2.75, 3.05) is 26.2 Å². The third kappa shape index (κ3) is 3.90. The van der Waals surface area contributed by atoms with Crippen molar-refractivity contribution in [3.8, 4) is 0 Å². The van der Waals surface area contributed by atoms with Gasteiger partial charge in [0, 0.05) is 36.4 Å². The number of nitrogens with zero attached hydrogens (tertiary/aromatic N) is 2. The van der Waals surface area contributed by atoms with Crippen LogP contribution in [0.4, 0.5) is 0 Å². The number of benzene rings is 1. The van der Waals surface area contributed by atoms with Gasteiger partial charge in [-0.25, -0.2) is 0 Å². The van der Waals surface area contributed by atoms with E-state index in [1.807, 2.05) is 11.3 Å². The van der Waals surface area contributed by atoms with Gasteiger partial charge in [0.2, 0.25) is 0 Å². The van der Waals surface area contributed by atoms with Crippen LogP contribution in [0, 0.1) is 0 Å². The van der Waals surface area contributed by atoms with Gasteiger partial charge in [0.15, 0.2) is 0 Å². The number of pyridine rings is 1. The highest BCUT2D eigenvalue weighted by Gasteiger charge is 2.25. The fraction of sp³-hybridized carbons (Fsp3) is 0.278. The van der Waals surface area contributed by atoms with Crippen LogP contribution in [0.5, 0.6) is 0 Å². The number of rotatable bonds is 3. The molecule has 0 amide bonds. The minimum Gasteiger partial charge on any atom is -0.314 e. The van der Waals surface area contributed by atoms with E-state index in [0.29, 0.717) is 0 Å². The van der Waals surface area contributed by atoms with Crippen molar-refractivity contribution in [2.24, 2.45) is 0 Å². The molecule has 1 fully saturated rings. The van der Waals surface area contributed by atoms with Crippen LogP contribution >= 0.6 is 36.2 Å².